The summed E-state index contributed by atoms with van der Waals surface area (Å²) < 4.78 is 69.7. The summed E-state index contributed by atoms with van der Waals surface area (Å²) >= 11 is 12.7. The molecule has 0 spiro atoms. The van der Waals surface area contributed by atoms with Crippen molar-refractivity contribution in [2.45, 2.75) is 57.3 Å². The molecule has 14 heteroatoms. The van der Waals surface area contributed by atoms with Gasteiger partial charge in [-0.05, 0) is 48.9 Å². The van der Waals surface area contributed by atoms with Gasteiger partial charge in [-0.25, -0.2) is 13.8 Å². The van der Waals surface area contributed by atoms with Gasteiger partial charge >= 0.3 is 6.18 Å². The number of hydrogen-bond donors (Lipinski definition) is 3. The molecule has 0 atom stereocenters. The van der Waals surface area contributed by atoms with Crippen LogP contribution in [-0.4, -0.2) is 46.1 Å². The van der Waals surface area contributed by atoms with Crippen LogP contribution in [0.25, 0.3) is 11.2 Å². The molecule has 0 bridgehead atoms. The van der Waals surface area contributed by atoms with Crippen LogP contribution >= 0.6 is 23.2 Å². The Morgan fingerprint density at radius 1 is 1.18 bits per heavy atom. The number of hydrogen-bond acceptors (Lipinski definition) is 5. The lowest BCUT2D eigenvalue weighted by Crippen LogP contribution is -2.40. The largest absolute Gasteiger partial charge is 0.471 e. The van der Waals surface area contributed by atoms with E-state index in [1.807, 2.05) is 0 Å². The first-order valence-electron chi connectivity index (χ1n) is 11.8. The van der Waals surface area contributed by atoms with Gasteiger partial charge < -0.3 is 20.8 Å². The highest BCUT2D eigenvalue weighted by Gasteiger charge is 2.41. The van der Waals surface area contributed by atoms with E-state index in [0.717, 1.165) is 0 Å². The number of amides is 1. The highest BCUT2D eigenvalue weighted by molar-refractivity contribution is 6.36. The first-order valence-corrected chi connectivity index (χ1v) is 12.6. The minimum absolute atomic E-state index is 0.105. The molecule has 2 aromatic heterocycles. The minimum atomic E-state index is -4.28. The number of benzene rings is 1. The van der Waals surface area contributed by atoms with Gasteiger partial charge in [-0.2, -0.15) is 18.2 Å². The number of carbonyl (C=O) groups excluding carboxylic acids is 1. The van der Waals surface area contributed by atoms with Crippen LogP contribution in [0.1, 0.15) is 53.0 Å². The van der Waals surface area contributed by atoms with Gasteiger partial charge in [0.05, 0.1) is 16.5 Å². The summed E-state index contributed by atoms with van der Waals surface area (Å²) in [5.41, 5.74) is 7.24. The molecule has 3 aromatic rings. The first-order chi connectivity index (χ1) is 18.0. The van der Waals surface area contributed by atoms with E-state index in [1.165, 1.54) is 6.07 Å². The van der Waals surface area contributed by atoms with Gasteiger partial charge in [0.1, 0.15) is 11.4 Å². The Morgan fingerprint density at radius 3 is 2.53 bits per heavy atom. The van der Waals surface area contributed by atoms with Gasteiger partial charge in [0.2, 0.25) is 5.88 Å². The van der Waals surface area contributed by atoms with E-state index < -0.39 is 37.1 Å². The number of ether oxygens (including phenoxy) is 1. The minimum Gasteiger partial charge on any atom is -0.471 e. The maximum atomic E-state index is 13.0. The van der Waals surface area contributed by atoms with Gasteiger partial charge in [0.15, 0.2) is 12.3 Å². The Morgan fingerprint density at radius 2 is 1.89 bits per heavy atom. The molecular weight excluding hydrogens is 556 g/mol. The number of nitrogens with two attached hydrogens (primary N) is 1. The fraction of sp³-hybridized carbons (Fsp3) is 0.458. The van der Waals surface area contributed by atoms with Crippen LogP contribution in [0, 0.1) is 5.92 Å². The van der Waals surface area contributed by atoms with E-state index >= 15 is 0 Å². The molecule has 0 radical (unpaired) electrons. The number of alkyl halides is 5. The molecule has 38 heavy (non-hydrogen) atoms. The number of aromatic amines is 1. The molecule has 1 aromatic carbocycles. The predicted octanol–water partition coefficient (Wildman–Crippen LogP) is 5.81. The molecule has 0 unspecified atom stereocenters. The van der Waals surface area contributed by atoms with Crippen molar-refractivity contribution in [1.82, 2.24) is 20.3 Å². The first kappa shape index (κ1) is 28.3. The summed E-state index contributed by atoms with van der Waals surface area (Å²) in [4.78, 5) is 24.6. The second-order valence-corrected chi connectivity index (χ2v) is 9.83. The van der Waals surface area contributed by atoms with Crippen molar-refractivity contribution in [3.8, 4) is 5.88 Å². The van der Waals surface area contributed by atoms with Gasteiger partial charge in [0, 0.05) is 24.0 Å². The molecule has 1 aliphatic carbocycles. The van der Waals surface area contributed by atoms with Crippen LogP contribution in [0.3, 0.4) is 0 Å². The second-order valence-electron chi connectivity index (χ2n) is 9.04. The van der Waals surface area contributed by atoms with Crippen LogP contribution in [-0.2, 0) is 13.0 Å². The number of aromatic nitrogens is 3. The number of nitrogens with one attached hydrogen (secondary N) is 2. The van der Waals surface area contributed by atoms with Gasteiger partial charge in [-0.3, -0.25) is 4.79 Å². The van der Waals surface area contributed by atoms with Crippen molar-refractivity contribution in [2.75, 3.05) is 6.61 Å². The van der Waals surface area contributed by atoms with Crippen molar-refractivity contribution in [3.05, 3.63) is 50.8 Å². The maximum Gasteiger partial charge on any atom is 0.391 e. The average molecular weight is 580 g/mol. The van der Waals surface area contributed by atoms with Crippen LogP contribution in [0.5, 0.6) is 5.88 Å². The molecule has 4 N–H and O–H groups in total. The van der Waals surface area contributed by atoms with Crippen molar-refractivity contribution >= 4 is 40.3 Å². The summed E-state index contributed by atoms with van der Waals surface area (Å²) in [6.07, 6.45) is -6.89. The number of imidazole rings is 1. The summed E-state index contributed by atoms with van der Waals surface area (Å²) in [5.74, 6) is -2.08. The zero-order chi connectivity index (χ0) is 27.6. The van der Waals surface area contributed by atoms with E-state index in [1.54, 1.807) is 12.1 Å². The monoisotopic (exact) mass is 579 g/mol. The zero-order valence-electron chi connectivity index (χ0n) is 19.8. The number of carbonyl (C=O) groups is 1. The van der Waals surface area contributed by atoms with Gasteiger partial charge in [-0.15, -0.1) is 0 Å². The normalized spacial score (nSPS) is 18.2. The third-order valence-electron chi connectivity index (χ3n) is 6.43. The number of fused-ring (bicyclic) bond motifs is 1. The van der Waals surface area contributed by atoms with Crippen molar-refractivity contribution < 1.29 is 31.5 Å². The lowest BCUT2D eigenvalue weighted by atomic mass is 9.85. The Labute approximate surface area is 224 Å². The molecule has 0 saturated heterocycles. The maximum absolute atomic E-state index is 13.0. The van der Waals surface area contributed by atoms with E-state index in [9.17, 15) is 26.7 Å². The molecule has 1 saturated carbocycles. The molecule has 206 valence electrons. The zero-order valence-corrected chi connectivity index (χ0v) is 21.4. The van der Waals surface area contributed by atoms with Crippen LogP contribution < -0.4 is 15.8 Å². The topological polar surface area (TPSA) is 106 Å². The standard InChI is InChI=1S/C24H24Cl2F5N5O2/c25-16-6-1-11(9-32)20(26)14(16)8-19-34-17-7-15(23(36-21(17)35-19)38-10-18(27)28)22(37)33-13-4-2-12(3-5-13)24(29,30)31/h1,6-7,12-13,18H,2-5,8-10,32H2,(H,33,37)(H,34,35,36). The van der Waals surface area contributed by atoms with E-state index in [2.05, 4.69) is 20.3 Å². The molecule has 1 fully saturated rings. The number of H-pyrrole nitrogens is 1. The molecule has 1 aliphatic rings. The quantitative estimate of drug-likeness (QED) is 0.292. The van der Waals surface area contributed by atoms with E-state index in [4.69, 9.17) is 33.7 Å². The smallest absolute Gasteiger partial charge is 0.391 e. The molecule has 2 heterocycles. The molecule has 7 nitrogen and oxygen atoms in total. The summed E-state index contributed by atoms with van der Waals surface area (Å²) in [5, 5.41) is 3.45. The molecule has 4 rings (SSSR count). The molecular formula is C24H24Cl2F5N5O2. The summed E-state index contributed by atoms with van der Waals surface area (Å²) in [6.45, 7) is -0.810. The highest BCUT2D eigenvalue weighted by atomic mass is 35.5. The lowest BCUT2D eigenvalue weighted by Gasteiger charge is -2.30. The number of rotatable bonds is 8. The van der Waals surface area contributed by atoms with Crippen LogP contribution in [0.4, 0.5) is 22.0 Å². The van der Waals surface area contributed by atoms with Gasteiger partial charge in [0.25, 0.3) is 12.3 Å². The molecule has 1 amide bonds. The summed E-state index contributed by atoms with van der Waals surface area (Å²) in [6, 6.07) is 4.22. The Kier molecular flexibility index (Phi) is 8.63. The Balaban J connectivity index is 1.59. The highest BCUT2D eigenvalue weighted by Crippen LogP contribution is 2.37. The number of nitrogens with zero attached hydrogens (tertiary/aromatic N) is 2. The average Bonchev–Trinajstić information content (AvgIpc) is 3.26. The Hall–Kier alpha value is -2.70. The predicted molar refractivity (Wildman–Crippen MR) is 132 cm³/mol. The fourth-order valence-corrected chi connectivity index (χ4v) is 5.02. The van der Waals surface area contributed by atoms with Crippen LogP contribution in [0.2, 0.25) is 10.0 Å². The Bertz CT molecular complexity index is 1310. The van der Waals surface area contributed by atoms with E-state index in [0.29, 0.717) is 32.5 Å². The fourth-order valence-electron chi connectivity index (χ4n) is 4.44. The third kappa shape index (κ3) is 6.47. The lowest BCUT2D eigenvalue weighted by molar-refractivity contribution is -0.182. The number of halogens is 7. The number of pyridine rings is 1. The van der Waals surface area contributed by atoms with Crippen molar-refractivity contribution in [3.63, 3.8) is 0 Å². The second kappa shape index (κ2) is 11.6. The summed E-state index contributed by atoms with van der Waals surface area (Å²) in [7, 11) is 0. The van der Waals surface area contributed by atoms with Crippen molar-refractivity contribution in [2.24, 2.45) is 11.7 Å². The van der Waals surface area contributed by atoms with Gasteiger partial charge in [-0.1, -0.05) is 29.3 Å². The van der Waals surface area contributed by atoms with Crippen molar-refractivity contribution in [1.29, 1.82) is 0 Å². The van der Waals surface area contributed by atoms with E-state index in [-0.39, 0.29) is 55.7 Å². The third-order valence-corrected chi connectivity index (χ3v) is 7.26. The molecule has 0 aliphatic heterocycles. The van der Waals surface area contributed by atoms with Crippen LogP contribution in [0.15, 0.2) is 18.2 Å². The SMILES string of the molecule is NCc1ccc(Cl)c(Cc2nc3nc(OCC(F)F)c(C(=O)NC4CCC(C(F)(F)F)CC4)cc3[nH]2)c1Cl.